The maximum atomic E-state index is 13.4. The molecular formula is C23H17N5O3S. The van der Waals surface area contributed by atoms with E-state index in [0.717, 1.165) is 11.3 Å². The topological polar surface area (TPSA) is 95.3 Å². The zero-order chi connectivity index (χ0) is 22.2. The third kappa shape index (κ3) is 3.23. The minimum Gasteiger partial charge on any atom is -0.268 e. The molecule has 158 valence electrons. The fourth-order valence-corrected chi connectivity index (χ4v) is 4.69. The second-order valence-corrected chi connectivity index (χ2v) is 8.18. The molecule has 2 heterocycles. The second kappa shape index (κ2) is 7.93. The molecule has 0 aliphatic heterocycles. The number of aromatic nitrogens is 4. The highest BCUT2D eigenvalue weighted by atomic mass is 32.2. The SMILES string of the molecule is Cc1ccccc1-n1c(=O)c2ccccc2n2c(SCc3ccccc3[N+](=O)[O-])nnc12. The number of para-hydroxylation sites is 3. The quantitative estimate of drug-likeness (QED) is 0.225. The minimum absolute atomic E-state index is 0.0653. The first kappa shape index (κ1) is 20.0. The van der Waals surface area contributed by atoms with Crippen LogP contribution in [0.4, 0.5) is 5.69 Å². The normalized spacial score (nSPS) is 11.3. The van der Waals surface area contributed by atoms with Crippen molar-refractivity contribution in [1.82, 2.24) is 19.2 Å². The maximum absolute atomic E-state index is 13.4. The van der Waals surface area contributed by atoms with Crippen LogP contribution in [0.25, 0.3) is 22.4 Å². The Morgan fingerprint density at radius 3 is 2.50 bits per heavy atom. The summed E-state index contributed by atoms with van der Waals surface area (Å²) in [6.45, 7) is 1.94. The van der Waals surface area contributed by atoms with Gasteiger partial charge in [0.25, 0.3) is 11.2 Å². The molecular weight excluding hydrogens is 426 g/mol. The highest BCUT2D eigenvalue weighted by Crippen LogP contribution is 2.29. The van der Waals surface area contributed by atoms with Crippen molar-refractivity contribution >= 4 is 34.1 Å². The number of aryl methyl sites for hydroxylation is 1. The fraction of sp³-hybridized carbons (Fsp3) is 0.0870. The molecule has 0 bridgehead atoms. The summed E-state index contributed by atoms with van der Waals surface area (Å²) in [6.07, 6.45) is 0. The Labute approximate surface area is 186 Å². The molecule has 0 saturated carbocycles. The molecule has 0 unspecified atom stereocenters. The zero-order valence-electron chi connectivity index (χ0n) is 17.0. The van der Waals surface area contributed by atoms with Crippen molar-refractivity contribution in [3.63, 3.8) is 0 Å². The molecule has 5 rings (SSSR count). The second-order valence-electron chi connectivity index (χ2n) is 7.24. The fourth-order valence-electron chi connectivity index (χ4n) is 3.76. The van der Waals surface area contributed by atoms with Gasteiger partial charge in [-0.15, -0.1) is 10.2 Å². The molecule has 32 heavy (non-hydrogen) atoms. The summed E-state index contributed by atoms with van der Waals surface area (Å²) in [5.41, 5.74) is 2.84. The van der Waals surface area contributed by atoms with Crippen molar-refractivity contribution in [2.24, 2.45) is 0 Å². The summed E-state index contributed by atoms with van der Waals surface area (Å²) in [6, 6.07) is 21.6. The molecule has 0 radical (unpaired) electrons. The van der Waals surface area contributed by atoms with Crippen LogP contribution in [-0.4, -0.2) is 24.1 Å². The van der Waals surface area contributed by atoms with Gasteiger partial charge < -0.3 is 0 Å². The Kier molecular flexibility index (Phi) is 4.95. The Morgan fingerprint density at radius 1 is 0.969 bits per heavy atom. The lowest BCUT2D eigenvalue weighted by molar-refractivity contribution is -0.385. The van der Waals surface area contributed by atoms with Crippen LogP contribution in [0, 0.1) is 17.0 Å². The van der Waals surface area contributed by atoms with Gasteiger partial charge in [-0.25, -0.2) is 4.57 Å². The van der Waals surface area contributed by atoms with Gasteiger partial charge in [0.1, 0.15) is 0 Å². The number of rotatable bonds is 5. The van der Waals surface area contributed by atoms with E-state index >= 15 is 0 Å². The summed E-state index contributed by atoms with van der Waals surface area (Å²) in [5.74, 6) is 0.739. The lowest BCUT2D eigenvalue weighted by atomic mass is 10.2. The highest BCUT2D eigenvalue weighted by molar-refractivity contribution is 7.98. The molecule has 2 aromatic heterocycles. The number of nitrogens with zero attached hydrogens (tertiary/aromatic N) is 5. The minimum atomic E-state index is -0.386. The van der Waals surface area contributed by atoms with Gasteiger partial charge in [0.15, 0.2) is 5.16 Å². The van der Waals surface area contributed by atoms with Gasteiger partial charge in [-0.1, -0.05) is 60.3 Å². The van der Waals surface area contributed by atoms with E-state index in [1.54, 1.807) is 28.8 Å². The molecule has 0 saturated heterocycles. The summed E-state index contributed by atoms with van der Waals surface area (Å²) >= 11 is 1.34. The summed E-state index contributed by atoms with van der Waals surface area (Å²) < 4.78 is 3.41. The first-order valence-electron chi connectivity index (χ1n) is 9.86. The van der Waals surface area contributed by atoms with Gasteiger partial charge in [-0.2, -0.15) is 0 Å². The number of nitro benzene ring substituents is 1. The standard InChI is InChI=1S/C23H17N5O3S/c1-15-8-2-5-11-18(15)26-21(29)17-10-4-7-13-20(17)27-22(26)24-25-23(27)32-14-16-9-3-6-12-19(16)28(30)31/h2-13H,14H2,1H3. The molecule has 0 atom stereocenters. The van der Waals surface area contributed by atoms with E-state index < -0.39 is 0 Å². The first-order chi connectivity index (χ1) is 15.6. The van der Waals surface area contributed by atoms with Crippen molar-refractivity contribution in [3.8, 4) is 5.69 Å². The van der Waals surface area contributed by atoms with Gasteiger partial charge in [-0.05, 0) is 30.7 Å². The van der Waals surface area contributed by atoms with Crippen LogP contribution in [0.3, 0.4) is 0 Å². The third-order valence-corrected chi connectivity index (χ3v) is 6.27. The van der Waals surface area contributed by atoms with E-state index in [1.165, 1.54) is 17.8 Å². The van der Waals surface area contributed by atoms with Crippen LogP contribution >= 0.6 is 11.8 Å². The third-order valence-electron chi connectivity index (χ3n) is 5.30. The van der Waals surface area contributed by atoms with Gasteiger partial charge in [0.2, 0.25) is 5.78 Å². The van der Waals surface area contributed by atoms with Crippen molar-refractivity contribution in [2.45, 2.75) is 17.8 Å². The van der Waals surface area contributed by atoms with E-state index in [0.29, 0.717) is 33.2 Å². The molecule has 0 spiro atoms. The van der Waals surface area contributed by atoms with E-state index in [4.69, 9.17) is 0 Å². The van der Waals surface area contributed by atoms with Crippen molar-refractivity contribution in [2.75, 3.05) is 0 Å². The average molecular weight is 443 g/mol. The van der Waals surface area contributed by atoms with Crippen LogP contribution < -0.4 is 5.56 Å². The average Bonchev–Trinajstić information content (AvgIpc) is 3.23. The van der Waals surface area contributed by atoms with E-state index in [1.807, 2.05) is 53.8 Å². The monoisotopic (exact) mass is 443 g/mol. The van der Waals surface area contributed by atoms with Crippen molar-refractivity contribution < 1.29 is 4.92 Å². The molecule has 5 aromatic rings. The highest BCUT2D eigenvalue weighted by Gasteiger charge is 2.20. The number of fused-ring (bicyclic) bond motifs is 3. The smallest absolute Gasteiger partial charge is 0.268 e. The van der Waals surface area contributed by atoms with Crippen LogP contribution in [0.2, 0.25) is 0 Å². The first-order valence-corrected chi connectivity index (χ1v) is 10.8. The van der Waals surface area contributed by atoms with Crippen LogP contribution in [-0.2, 0) is 5.75 Å². The van der Waals surface area contributed by atoms with E-state index in [9.17, 15) is 14.9 Å². The molecule has 0 fully saturated rings. The van der Waals surface area contributed by atoms with Gasteiger partial charge in [0, 0.05) is 17.4 Å². The summed E-state index contributed by atoms with van der Waals surface area (Å²) in [5, 5.41) is 21.1. The van der Waals surface area contributed by atoms with Crippen molar-refractivity contribution in [3.05, 3.63) is 104 Å². The van der Waals surface area contributed by atoms with Crippen LogP contribution in [0.1, 0.15) is 11.1 Å². The zero-order valence-corrected chi connectivity index (χ0v) is 17.8. The number of nitro groups is 1. The number of benzene rings is 3. The van der Waals surface area contributed by atoms with E-state index in [2.05, 4.69) is 10.2 Å². The van der Waals surface area contributed by atoms with Crippen LogP contribution in [0.15, 0.2) is 82.7 Å². The molecule has 9 heteroatoms. The lowest BCUT2D eigenvalue weighted by Gasteiger charge is -2.13. The number of hydrogen-bond donors (Lipinski definition) is 0. The van der Waals surface area contributed by atoms with Gasteiger partial charge >= 0.3 is 0 Å². The Morgan fingerprint density at radius 2 is 1.69 bits per heavy atom. The van der Waals surface area contributed by atoms with E-state index in [-0.39, 0.29) is 16.2 Å². The van der Waals surface area contributed by atoms with Crippen LogP contribution in [0.5, 0.6) is 0 Å². The number of hydrogen-bond acceptors (Lipinski definition) is 6. The van der Waals surface area contributed by atoms with Crippen molar-refractivity contribution in [1.29, 1.82) is 0 Å². The predicted octanol–water partition coefficient (Wildman–Crippen LogP) is 4.54. The predicted molar refractivity (Wildman–Crippen MR) is 123 cm³/mol. The molecule has 8 nitrogen and oxygen atoms in total. The molecule has 0 aliphatic carbocycles. The Hall–Kier alpha value is -3.98. The molecule has 0 amide bonds. The van der Waals surface area contributed by atoms with Gasteiger partial charge in [0.05, 0.1) is 21.5 Å². The lowest BCUT2D eigenvalue weighted by Crippen LogP contribution is -2.22. The molecule has 3 aromatic carbocycles. The maximum Gasteiger partial charge on any atom is 0.273 e. The summed E-state index contributed by atoms with van der Waals surface area (Å²) in [4.78, 5) is 24.4. The van der Waals surface area contributed by atoms with Gasteiger partial charge in [-0.3, -0.25) is 19.3 Å². The Balaban J connectivity index is 1.71. The largest absolute Gasteiger partial charge is 0.273 e. The summed E-state index contributed by atoms with van der Waals surface area (Å²) in [7, 11) is 0. The Bertz CT molecular complexity index is 1560. The molecule has 0 aliphatic rings. The number of thioether (sulfide) groups is 1. The molecule has 0 N–H and O–H groups in total.